The summed E-state index contributed by atoms with van der Waals surface area (Å²) in [4.78, 5) is 23.2. The Morgan fingerprint density at radius 1 is 1.28 bits per heavy atom. The number of hydrogen-bond donors (Lipinski definition) is 0. The molecule has 1 saturated heterocycles. The van der Waals surface area contributed by atoms with Gasteiger partial charge in [0.1, 0.15) is 11.9 Å². The summed E-state index contributed by atoms with van der Waals surface area (Å²) >= 11 is 0. The molecule has 0 unspecified atom stereocenters. The lowest BCUT2D eigenvalue weighted by Gasteiger charge is -2.32. The van der Waals surface area contributed by atoms with Crippen LogP contribution in [0.1, 0.15) is 35.3 Å². The van der Waals surface area contributed by atoms with Crippen molar-refractivity contribution in [2.24, 2.45) is 0 Å². The van der Waals surface area contributed by atoms with Crippen molar-refractivity contribution in [3.05, 3.63) is 58.9 Å². The highest BCUT2D eigenvalue weighted by molar-refractivity contribution is 5.76. The number of benzene rings is 1. The number of morpholine rings is 1. The van der Waals surface area contributed by atoms with Gasteiger partial charge in [0.05, 0.1) is 13.2 Å². The van der Waals surface area contributed by atoms with Gasteiger partial charge in [-0.3, -0.25) is 4.79 Å². The van der Waals surface area contributed by atoms with Crippen LogP contribution in [-0.2, 0) is 16.0 Å². The van der Waals surface area contributed by atoms with Crippen LogP contribution in [0.4, 0.5) is 4.39 Å². The number of hydrogen-bond acceptors (Lipinski definition) is 4. The molecule has 0 aliphatic carbocycles. The van der Waals surface area contributed by atoms with E-state index in [1.54, 1.807) is 11.0 Å². The van der Waals surface area contributed by atoms with E-state index in [2.05, 4.69) is 9.97 Å². The van der Waals surface area contributed by atoms with Crippen molar-refractivity contribution in [2.45, 2.75) is 32.8 Å². The molecule has 5 nitrogen and oxygen atoms in total. The predicted octanol–water partition coefficient (Wildman–Crippen LogP) is 2.77. The zero-order valence-electron chi connectivity index (χ0n) is 14.5. The highest BCUT2D eigenvalue weighted by Gasteiger charge is 2.27. The minimum atomic E-state index is -0.300. The van der Waals surface area contributed by atoms with Gasteiger partial charge in [0.25, 0.3) is 0 Å². The van der Waals surface area contributed by atoms with Crippen LogP contribution in [0.5, 0.6) is 0 Å². The van der Waals surface area contributed by atoms with Crippen molar-refractivity contribution in [1.29, 1.82) is 0 Å². The summed E-state index contributed by atoms with van der Waals surface area (Å²) in [5.74, 6) is 0.394. The van der Waals surface area contributed by atoms with E-state index in [0.29, 0.717) is 38.4 Å². The van der Waals surface area contributed by atoms with E-state index in [1.807, 2.05) is 26.0 Å². The van der Waals surface area contributed by atoms with Gasteiger partial charge in [0.2, 0.25) is 5.91 Å². The standard InChI is InChI=1S/C19H22FN3O2/c1-13-10-14(2)22-19(21-13)17-12-23(8-9-25-17)18(24)7-6-15-4-3-5-16(20)11-15/h3-5,10-11,17H,6-9,12H2,1-2H3/t17-/m1/s1. The van der Waals surface area contributed by atoms with Crippen LogP contribution in [0.15, 0.2) is 30.3 Å². The van der Waals surface area contributed by atoms with Crippen LogP contribution in [0, 0.1) is 19.7 Å². The molecule has 0 bridgehead atoms. The quantitative estimate of drug-likeness (QED) is 0.857. The molecule has 0 spiro atoms. The second kappa shape index (κ2) is 7.70. The molecule has 1 aliphatic rings. The van der Waals surface area contributed by atoms with Crippen LogP contribution in [0.25, 0.3) is 0 Å². The molecule has 1 aliphatic heterocycles. The molecule has 1 aromatic heterocycles. The SMILES string of the molecule is Cc1cc(C)nc([C@H]2CN(C(=O)CCc3cccc(F)c3)CCO2)n1. The van der Waals surface area contributed by atoms with Crippen LogP contribution >= 0.6 is 0 Å². The van der Waals surface area contributed by atoms with Gasteiger partial charge in [-0.15, -0.1) is 0 Å². The summed E-state index contributed by atoms with van der Waals surface area (Å²) in [5, 5.41) is 0. The fraction of sp³-hybridized carbons (Fsp3) is 0.421. The Hall–Kier alpha value is -2.34. The number of ether oxygens (including phenoxy) is 1. The smallest absolute Gasteiger partial charge is 0.223 e. The first-order valence-electron chi connectivity index (χ1n) is 8.47. The zero-order valence-corrected chi connectivity index (χ0v) is 14.5. The number of amides is 1. The summed E-state index contributed by atoms with van der Waals surface area (Å²) in [5.41, 5.74) is 2.61. The minimum Gasteiger partial charge on any atom is -0.367 e. The molecule has 1 atom stereocenters. The second-order valence-electron chi connectivity index (χ2n) is 6.34. The van der Waals surface area contributed by atoms with Crippen LogP contribution in [0.2, 0.25) is 0 Å². The van der Waals surface area contributed by atoms with E-state index < -0.39 is 0 Å². The normalized spacial score (nSPS) is 17.6. The highest BCUT2D eigenvalue weighted by atomic mass is 19.1. The molecule has 0 N–H and O–H groups in total. The maximum atomic E-state index is 13.2. The van der Waals surface area contributed by atoms with Crippen molar-refractivity contribution in [3.8, 4) is 0 Å². The van der Waals surface area contributed by atoms with E-state index >= 15 is 0 Å². The lowest BCUT2D eigenvalue weighted by Crippen LogP contribution is -2.42. The lowest BCUT2D eigenvalue weighted by molar-refractivity contribution is -0.139. The van der Waals surface area contributed by atoms with E-state index in [4.69, 9.17) is 4.74 Å². The van der Waals surface area contributed by atoms with Crippen molar-refractivity contribution in [2.75, 3.05) is 19.7 Å². The second-order valence-corrected chi connectivity index (χ2v) is 6.34. The Morgan fingerprint density at radius 3 is 2.76 bits per heavy atom. The number of halogens is 1. The summed E-state index contributed by atoms with van der Waals surface area (Å²) in [6.45, 7) is 5.31. The number of carbonyl (C=O) groups is 1. The van der Waals surface area contributed by atoms with Gasteiger partial charge in [-0.25, -0.2) is 14.4 Å². The largest absolute Gasteiger partial charge is 0.367 e. The topological polar surface area (TPSA) is 55.3 Å². The number of aryl methyl sites for hydroxylation is 3. The number of aromatic nitrogens is 2. The molecule has 1 amide bonds. The Kier molecular flexibility index (Phi) is 5.38. The third kappa shape index (κ3) is 4.60. The molecule has 0 radical (unpaired) electrons. The molecular formula is C19H22FN3O2. The highest BCUT2D eigenvalue weighted by Crippen LogP contribution is 2.21. The molecule has 6 heteroatoms. The van der Waals surface area contributed by atoms with Gasteiger partial charge in [0.15, 0.2) is 5.82 Å². The van der Waals surface area contributed by atoms with E-state index in [-0.39, 0.29) is 17.8 Å². The Bertz CT molecular complexity index is 746. The van der Waals surface area contributed by atoms with E-state index in [1.165, 1.54) is 12.1 Å². The number of nitrogens with zero attached hydrogens (tertiary/aromatic N) is 3. The monoisotopic (exact) mass is 343 g/mol. The summed E-state index contributed by atoms with van der Waals surface area (Å²) in [7, 11) is 0. The van der Waals surface area contributed by atoms with Gasteiger partial charge in [0, 0.05) is 24.4 Å². The van der Waals surface area contributed by atoms with Crippen molar-refractivity contribution >= 4 is 5.91 Å². The average Bonchev–Trinajstić information content (AvgIpc) is 2.59. The third-order valence-corrected chi connectivity index (χ3v) is 4.22. The zero-order chi connectivity index (χ0) is 17.8. The molecule has 2 aromatic rings. The molecule has 25 heavy (non-hydrogen) atoms. The maximum absolute atomic E-state index is 13.2. The fourth-order valence-corrected chi connectivity index (χ4v) is 3.03. The Balaban J connectivity index is 1.61. The van der Waals surface area contributed by atoms with Gasteiger partial charge in [-0.1, -0.05) is 12.1 Å². The van der Waals surface area contributed by atoms with E-state index in [9.17, 15) is 9.18 Å². The molecular weight excluding hydrogens is 321 g/mol. The third-order valence-electron chi connectivity index (χ3n) is 4.22. The first-order valence-corrected chi connectivity index (χ1v) is 8.47. The van der Waals surface area contributed by atoms with Crippen LogP contribution in [-0.4, -0.2) is 40.5 Å². The Morgan fingerprint density at radius 2 is 2.04 bits per heavy atom. The molecule has 132 valence electrons. The van der Waals surface area contributed by atoms with Crippen LogP contribution in [0.3, 0.4) is 0 Å². The summed E-state index contributed by atoms with van der Waals surface area (Å²) in [6.07, 6.45) is 0.577. The number of carbonyl (C=O) groups excluding carboxylic acids is 1. The van der Waals surface area contributed by atoms with Crippen LogP contribution < -0.4 is 0 Å². The van der Waals surface area contributed by atoms with Gasteiger partial charge in [-0.05, 0) is 44.0 Å². The molecule has 0 saturated carbocycles. The number of rotatable bonds is 4. The summed E-state index contributed by atoms with van der Waals surface area (Å²) in [6, 6.07) is 8.29. The Labute approximate surface area is 146 Å². The van der Waals surface area contributed by atoms with Crippen molar-refractivity contribution in [1.82, 2.24) is 14.9 Å². The van der Waals surface area contributed by atoms with Crippen molar-refractivity contribution in [3.63, 3.8) is 0 Å². The predicted molar refractivity (Wildman–Crippen MR) is 91.5 cm³/mol. The first kappa shape index (κ1) is 17.5. The molecule has 2 heterocycles. The van der Waals surface area contributed by atoms with E-state index in [0.717, 1.165) is 17.0 Å². The fourth-order valence-electron chi connectivity index (χ4n) is 3.03. The van der Waals surface area contributed by atoms with Gasteiger partial charge >= 0.3 is 0 Å². The lowest BCUT2D eigenvalue weighted by atomic mass is 10.1. The van der Waals surface area contributed by atoms with Crippen molar-refractivity contribution < 1.29 is 13.9 Å². The molecule has 1 fully saturated rings. The minimum absolute atomic E-state index is 0.0435. The molecule has 3 rings (SSSR count). The van der Waals surface area contributed by atoms with Gasteiger partial charge in [-0.2, -0.15) is 0 Å². The summed E-state index contributed by atoms with van der Waals surface area (Å²) < 4.78 is 19.0. The average molecular weight is 343 g/mol. The van der Waals surface area contributed by atoms with Gasteiger partial charge < -0.3 is 9.64 Å². The first-order chi connectivity index (χ1) is 12.0. The maximum Gasteiger partial charge on any atom is 0.223 e. The molecule has 1 aromatic carbocycles.